The van der Waals surface area contributed by atoms with Crippen LogP contribution in [0.15, 0.2) is 17.1 Å². The van der Waals surface area contributed by atoms with Gasteiger partial charge in [0.15, 0.2) is 0 Å². The second-order valence-electron chi connectivity index (χ2n) is 2.70. The number of halogens is 2. The van der Waals surface area contributed by atoms with E-state index < -0.39 is 24.6 Å². The Morgan fingerprint density at radius 2 is 2.36 bits per heavy atom. The molecule has 3 N–H and O–H groups in total. The topological polar surface area (TPSA) is 78.0 Å². The zero-order valence-corrected chi connectivity index (χ0v) is 7.13. The van der Waals surface area contributed by atoms with Crippen LogP contribution in [0.25, 0.3) is 0 Å². The van der Waals surface area contributed by atoms with Crippen molar-refractivity contribution >= 4 is 5.69 Å². The predicted molar refractivity (Wildman–Crippen MR) is 45.4 cm³/mol. The molecule has 0 aromatic carbocycles. The monoisotopic (exact) mass is 205 g/mol. The van der Waals surface area contributed by atoms with Crippen molar-refractivity contribution in [1.82, 2.24) is 10.2 Å². The van der Waals surface area contributed by atoms with Crippen LogP contribution < -0.4 is 10.9 Å². The maximum absolute atomic E-state index is 12.5. The van der Waals surface area contributed by atoms with Crippen molar-refractivity contribution in [1.29, 1.82) is 0 Å². The van der Waals surface area contributed by atoms with Crippen LogP contribution in [0.4, 0.5) is 14.5 Å². The van der Waals surface area contributed by atoms with Gasteiger partial charge in [-0.15, -0.1) is 0 Å². The Hall–Kier alpha value is -1.50. The van der Waals surface area contributed by atoms with Gasteiger partial charge in [0.1, 0.15) is 6.61 Å². The lowest BCUT2D eigenvalue weighted by Gasteiger charge is -2.14. The summed E-state index contributed by atoms with van der Waals surface area (Å²) >= 11 is 0. The smallest absolute Gasteiger partial charge is 0.287 e. The lowest BCUT2D eigenvalue weighted by atomic mass is 10.3. The molecule has 0 aliphatic carbocycles. The molecule has 0 saturated heterocycles. The normalized spacial score (nSPS) is 11.4. The van der Waals surface area contributed by atoms with Crippen molar-refractivity contribution in [3.8, 4) is 0 Å². The van der Waals surface area contributed by atoms with Crippen LogP contribution >= 0.6 is 0 Å². The van der Waals surface area contributed by atoms with E-state index in [0.717, 1.165) is 6.07 Å². The Bertz CT molecular complexity index is 353. The summed E-state index contributed by atoms with van der Waals surface area (Å²) in [5.74, 6) is -3.21. The summed E-state index contributed by atoms with van der Waals surface area (Å²) in [6, 6.07) is 1.10. The van der Waals surface area contributed by atoms with Crippen molar-refractivity contribution in [3.05, 3.63) is 22.6 Å². The molecule has 1 aromatic rings. The van der Waals surface area contributed by atoms with Crippen LogP contribution in [0.1, 0.15) is 0 Å². The van der Waals surface area contributed by atoms with Crippen LogP contribution in [-0.4, -0.2) is 34.4 Å². The van der Waals surface area contributed by atoms with Gasteiger partial charge < -0.3 is 10.4 Å². The van der Waals surface area contributed by atoms with E-state index in [2.05, 4.69) is 15.5 Å². The molecule has 0 bridgehead atoms. The van der Waals surface area contributed by atoms with Crippen molar-refractivity contribution in [3.63, 3.8) is 0 Å². The number of rotatable bonds is 4. The number of aromatic nitrogens is 2. The van der Waals surface area contributed by atoms with E-state index in [0.29, 0.717) is 0 Å². The molecule has 0 amide bonds. The SMILES string of the molecule is O=c1cc(NCC(F)(F)CO)cn[nH]1. The average molecular weight is 205 g/mol. The molecular formula is C7H9F2N3O2. The number of aliphatic hydroxyl groups excluding tert-OH is 1. The van der Waals surface area contributed by atoms with E-state index in [1.807, 2.05) is 0 Å². The maximum Gasteiger partial charge on any atom is 0.287 e. The lowest BCUT2D eigenvalue weighted by molar-refractivity contribution is -0.0372. The number of nitrogens with one attached hydrogen (secondary N) is 2. The van der Waals surface area contributed by atoms with Gasteiger partial charge in [0.05, 0.1) is 18.4 Å². The van der Waals surface area contributed by atoms with Crippen LogP contribution in [0.3, 0.4) is 0 Å². The fourth-order valence-corrected chi connectivity index (χ4v) is 0.760. The molecule has 0 saturated carbocycles. The van der Waals surface area contributed by atoms with Crippen molar-refractivity contribution in [2.75, 3.05) is 18.5 Å². The third-order valence-electron chi connectivity index (χ3n) is 1.45. The number of nitrogens with zero attached hydrogens (tertiary/aromatic N) is 1. The first kappa shape index (κ1) is 10.6. The quantitative estimate of drug-likeness (QED) is 0.636. The molecule has 5 nitrogen and oxygen atoms in total. The van der Waals surface area contributed by atoms with Crippen LogP contribution in [-0.2, 0) is 0 Å². The zero-order valence-electron chi connectivity index (χ0n) is 7.13. The maximum atomic E-state index is 12.5. The number of H-pyrrole nitrogens is 1. The minimum absolute atomic E-state index is 0.182. The second-order valence-corrected chi connectivity index (χ2v) is 2.70. The first-order chi connectivity index (χ1) is 6.53. The molecular weight excluding hydrogens is 196 g/mol. The molecule has 0 radical (unpaired) electrons. The predicted octanol–water partition coefficient (Wildman–Crippen LogP) is -0.191. The van der Waals surface area contributed by atoms with E-state index in [1.54, 1.807) is 0 Å². The summed E-state index contributed by atoms with van der Waals surface area (Å²) in [6.07, 6.45) is 1.20. The van der Waals surface area contributed by atoms with Crippen LogP contribution in [0, 0.1) is 0 Å². The molecule has 0 unspecified atom stereocenters. The molecule has 7 heteroatoms. The summed E-state index contributed by atoms with van der Waals surface area (Å²) in [4.78, 5) is 10.7. The van der Waals surface area contributed by atoms with E-state index in [1.165, 1.54) is 6.20 Å². The number of hydrogen-bond acceptors (Lipinski definition) is 4. The van der Waals surface area contributed by atoms with Crippen molar-refractivity contribution in [2.45, 2.75) is 5.92 Å². The van der Waals surface area contributed by atoms with E-state index >= 15 is 0 Å². The van der Waals surface area contributed by atoms with Crippen LogP contribution in [0.2, 0.25) is 0 Å². The van der Waals surface area contributed by atoms with Gasteiger partial charge in [0.25, 0.3) is 11.5 Å². The highest BCUT2D eigenvalue weighted by atomic mass is 19.3. The van der Waals surface area contributed by atoms with Gasteiger partial charge >= 0.3 is 0 Å². The van der Waals surface area contributed by atoms with Crippen molar-refractivity contribution < 1.29 is 13.9 Å². The highest BCUT2D eigenvalue weighted by Gasteiger charge is 2.27. The largest absolute Gasteiger partial charge is 0.390 e. The minimum Gasteiger partial charge on any atom is -0.390 e. The Morgan fingerprint density at radius 1 is 1.64 bits per heavy atom. The number of alkyl halides is 2. The van der Waals surface area contributed by atoms with E-state index in [4.69, 9.17) is 5.11 Å². The average Bonchev–Trinajstić information content (AvgIpc) is 2.15. The van der Waals surface area contributed by atoms with Crippen molar-refractivity contribution in [2.24, 2.45) is 0 Å². The third-order valence-corrected chi connectivity index (χ3v) is 1.45. The molecule has 1 aromatic heterocycles. The van der Waals surface area contributed by atoms with Gasteiger partial charge in [0.2, 0.25) is 0 Å². The minimum atomic E-state index is -3.21. The highest BCUT2D eigenvalue weighted by Crippen LogP contribution is 2.12. The fourth-order valence-electron chi connectivity index (χ4n) is 0.760. The molecule has 78 valence electrons. The van der Waals surface area contributed by atoms with Gasteiger partial charge in [-0.3, -0.25) is 4.79 Å². The Kier molecular flexibility index (Phi) is 3.13. The Balaban J connectivity index is 2.58. The molecule has 0 fully saturated rings. The number of hydrogen-bond donors (Lipinski definition) is 3. The fraction of sp³-hybridized carbons (Fsp3) is 0.429. The zero-order chi connectivity index (χ0) is 10.6. The molecule has 1 heterocycles. The van der Waals surface area contributed by atoms with Crippen LogP contribution in [0.5, 0.6) is 0 Å². The first-order valence-corrected chi connectivity index (χ1v) is 3.81. The summed E-state index contributed by atoms with van der Waals surface area (Å²) in [5.41, 5.74) is -0.302. The molecule has 0 spiro atoms. The molecule has 0 atom stereocenters. The number of anilines is 1. The standard InChI is InChI=1S/C7H9F2N3O2/c8-7(9,4-13)3-10-5-1-6(14)12-11-2-5/h1-2,13H,3-4H2,(H2,10,12,14). The van der Waals surface area contributed by atoms with E-state index in [-0.39, 0.29) is 5.69 Å². The number of aromatic amines is 1. The second kappa shape index (κ2) is 4.14. The summed E-state index contributed by atoms with van der Waals surface area (Å²) in [7, 11) is 0. The Labute approximate surface area is 77.8 Å². The highest BCUT2D eigenvalue weighted by molar-refractivity contribution is 5.38. The van der Waals surface area contributed by atoms with Gasteiger partial charge in [-0.1, -0.05) is 0 Å². The van der Waals surface area contributed by atoms with Gasteiger partial charge in [-0.25, -0.2) is 13.9 Å². The number of aliphatic hydroxyl groups is 1. The van der Waals surface area contributed by atoms with Gasteiger partial charge in [-0.2, -0.15) is 5.10 Å². The third kappa shape index (κ3) is 3.09. The molecule has 14 heavy (non-hydrogen) atoms. The van der Waals surface area contributed by atoms with Gasteiger partial charge in [-0.05, 0) is 0 Å². The summed E-state index contributed by atoms with van der Waals surface area (Å²) in [6.45, 7) is -1.98. The lowest BCUT2D eigenvalue weighted by Crippen LogP contribution is -2.31. The van der Waals surface area contributed by atoms with Gasteiger partial charge in [0, 0.05) is 6.07 Å². The van der Waals surface area contributed by atoms with E-state index in [9.17, 15) is 13.6 Å². The molecule has 0 aliphatic heterocycles. The molecule has 0 aliphatic rings. The summed E-state index contributed by atoms with van der Waals surface area (Å²) < 4.78 is 25.0. The Morgan fingerprint density at radius 3 is 2.93 bits per heavy atom. The summed E-state index contributed by atoms with van der Waals surface area (Å²) in [5, 5.41) is 16.0. The molecule has 1 rings (SSSR count). The first-order valence-electron chi connectivity index (χ1n) is 3.81.